The van der Waals surface area contributed by atoms with Crippen molar-refractivity contribution in [1.82, 2.24) is 0 Å². The van der Waals surface area contributed by atoms with Crippen LogP contribution in [0.15, 0.2) is 18.2 Å². The fraction of sp³-hybridized carbons (Fsp3) is 0.588. The molecule has 0 aliphatic rings. The van der Waals surface area contributed by atoms with Gasteiger partial charge in [0.2, 0.25) is 0 Å². The molecule has 0 aliphatic carbocycles. The fourth-order valence-corrected chi connectivity index (χ4v) is 1.93. The Labute approximate surface area is 122 Å². The molecule has 0 spiro atoms. The molecule has 112 valence electrons. The van der Waals surface area contributed by atoms with E-state index in [1.54, 1.807) is 6.92 Å². The molecule has 0 amide bonds. The quantitative estimate of drug-likeness (QED) is 0.763. The Bertz CT molecular complexity index is 458. The van der Waals surface area contributed by atoms with Crippen molar-refractivity contribution in [2.75, 3.05) is 6.61 Å². The lowest BCUT2D eigenvalue weighted by Gasteiger charge is -2.22. The molecule has 0 saturated carbocycles. The summed E-state index contributed by atoms with van der Waals surface area (Å²) in [6, 6.07) is 6.12. The molecule has 0 heterocycles. The van der Waals surface area contributed by atoms with Crippen molar-refractivity contribution < 1.29 is 14.3 Å². The highest BCUT2D eigenvalue weighted by Gasteiger charge is 2.21. The van der Waals surface area contributed by atoms with Crippen molar-refractivity contribution >= 4 is 5.97 Å². The summed E-state index contributed by atoms with van der Waals surface area (Å²) in [4.78, 5) is 11.8. The van der Waals surface area contributed by atoms with Crippen LogP contribution in [-0.2, 0) is 14.9 Å². The van der Waals surface area contributed by atoms with Gasteiger partial charge in [0.1, 0.15) is 5.75 Å². The zero-order valence-electron chi connectivity index (χ0n) is 13.4. The normalized spacial score (nSPS) is 12.9. The summed E-state index contributed by atoms with van der Waals surface area (Å²) in [6.45, 7) is 12.6. The molecule has 3 heteroatoms. The van der Waals surface area contributed by atoms with Gasteiger partial charge in [0.05, 0.1) is 6.61 Å². The number of hydrogen-bond acceptors (Lipinski definition) is 3. The lowest BCUT2D eigenvalue weighted by atomic mass is 9.86. The average Bonchev–Trinajstić information content (AvgIpc) is 2.36. The molecular formula is C17H26O3. The molecule has 0 fully saturated rings. The highest BCUT2D eigenvalue weighted by atomic mass is 16.6. The van der Waals surface area contributed by atoms with E-state index >= 15 is 0 Å². The van der Waals surface area contributed by atoms with E-state index in [2.05, 4.69) is 32.9 Å². The van der Waals surface area contributed by atoms with Crippen molar-refractivity contribution in [2.45, 2.75) is 59.5 Å². The first-order valence-corrected chi connectivity index (χ1v) is 7.24. The number of rotatable bonds is 5. The Hall–Kier alpha value is -1.51. The maximum absolute atomic E-state index is 11.8. The summed E-state index contributed by atoms with van der Waals surface area (Å²) >= 11 is 0. The molecule has 0 radical (unpaired) electrons. The van der Waals surface area contributed by atoms with E-state index in [0.717, 1.165) is 11.3 Å². The summed E-state index contributed by atoms with van der Waals surface area (Å²) in [5.41, 5.74) is 2.40. The van der Waals surface area contributed by atoms with Crippen LogP contribution >= 0.6 is 0 Å². The van der Waals surface area contributed by atoms with Gasteiger partial charge in [-0.2, -0.15) is 0 Å². The number of benzene rings is 1. The first-order chi connectivity index (χ1) is 9.29. The molecule has 1 aromatic rings. The molecule has 1 unspecified atom stereocenters. The van der Waals surface area contributed by atoms with Gasteiger partial charge in [-0.25, -0.2) is 4.79 Å². The summed E-state index contributed by atoms with van der Waals surface area (Å²) in [5, 5.41) is 0. The number of aryl methyl sites for hydroxylation is 1. The number of hydrogen-bond donors (Lipinski definition) is 0. The second-order valence-electron chi connectivity index (χ2n) is 6.00. The van der Waals surface area contributed by atoms with Gasteiger partial charge >= 0.3 is 5.97 Å². The molecule has 0 bridgehead atoms. The molecule has 0 saturated heterocycles. The van der Waals surface area contributed by atoms with E-state index in [1.807, 2.05) is 19.9 Å². The van der Waals surface area contributed by atoms with Gasteiger partial charge < -0.3 is 9.47 Å². The molecule has 1 atom stereocenters. The Morgan fingerprint density at radius 1 is 1.25 bits per heavy atom. The van der Waals surface area contributed by atoms with Gasteiger partial charge in [0, 0.05) is 0 Å². The molecule has 20 heavy (non-hydrogen) atoms. The van der Waals surface area contributed by atoms with Crippen molar-refractivity contribution in [3.8, 4) is 5.75 Å². The third kappa shape index (κ3) is 4.26. The summed E-state index contributed by atoms with van der Waals surface area (Å²) in [7, 11) is 0. The van der Waals surface area contributed by atoms with Crippen LogP contribution in [0.1, 0.15) is 52.2 Å². The van der Waals surface area contributed by atoms with Crippen LogP contribution in [0.3, 0.4) is 0 Å². The largest absolute Gasteiger partial charge is 0.478 e. The van der Waals surface area contributed by atoms with Crippen molar-refractivity contribution in [3.63, 3.8) is 0 Å². The van der Waals surface area contributed by atoms with Crippen LogP contribution in [-0.4, -0.2) is 18.7 Å². The second-order valence-corrected chi connectivity index (χ2v) is 6.00. The minimum atomic E-state index is -0.533. The van der Waals surface area contributed by atoms with Crippen LogP contribution in [0.2, 0.25) is 0 Å². The van der Waals surface area contributed by atoms with Gasteiger partial charge in [-0.15, -0.1) is 0 Å². The third-order valence-corrected chi connectivity index (χ3v) is 3.23. The smallest absolute Gasteiger partial charge is 0.347 e. The van der Waals surface area contributed by atoms with Gasteiger partial charge in [-0.1, -0.05) is 39.8 Å². The van der Waals surface area contributed by atoms with E-state index in [4.69, 9.17) is 9.47 Å². The zero-order chi connectivity index (χ0) is 15.3. The van der Waals surface area contributed by atoms with E-state index in [-0.39, 0.29) is 11.4 Å². The molecule has 0 aromatic heterocycles. The SMILES string of the molecule is CCOC(=O)C(CC)Oc1ccc(C(C)(C)C)cc1C. The molecule has 0 N–H and O–H groups in total. The number of ether oxygens (including phenoxy) is 2. The van der Waals surface area contributed by atoms with Gasteiger partial charge in [0.25, 0.3) is 0 Å². The standard InChI is InChI=1S/C17H26O3/c1-7-14(16(18)19-8-2)20-15-10-9-13(11-12(15)3)17(4,5)6/h9-11,14H,7-8H2,1-6H3. The highest BCUT2D eigenvalue weighted by molar-refractivity contribution is 5.75. The highest BCUT2D eigenvalue weighted by Crippen LogP contribution is 2.28. The average molecular weight is 278 g/mol. The summed E-state index contributed by atoms with van der Waals surface area (Å²) in [6.07, 6.45) is 0.0633. The first-order valence-electron chi connectivity index (χ1n) is 7.24. The maximum Gasteiger partial charge on any atom is 0.347 e. The molecule has 1 aromatic carbocycles. The number of carbonyl (C=O) groups is 1. The lowest BCUT2D eigenvalue weighted by Crippen LogP contribution is -2.29. The number of carbonyl (C=O) groups excluding carboxylic acids is 1. The van der Waals surface area contributed by atoms with Gasteiger partial charge in [0.15, 0.2) is 6.10 Å². The van der Waals surface area contributed by atoms with Gasteiger partial charge in [-0.3, -0.25) is 0 Å². The molecule has 1 rings (SSSR count). The first kappa shape index (κ1) is 16.5. The van der Waals surface area contributed by atoms with Gasteiger partial charge in [-0.05, 0) is 42.9 Å². The summed E-state index contributed by atoms with van der Waals surface area (Å²) in [5.74, 6) is 0.451. The molecular weight excluding hydrogens is 252 g/mol. The minimum absolute atomic E-state index is 0.106. The van der Waals surface area contributed by atoms with Crippen LogP contribution in [0.4, 0.5) is 0 Å². The summed E-state index contributed by atoms with van der Waals surface area (Å²) < 4.78 is 10.8. The zero-order valence-corrected chi connectivity index (χ0v) is 13.4. The maximum atomic E-state index is 11.8. The van der Waals surface area contributed by atoms with Crippen LogP contribution in [0.25, 0.3) is 0 Å². The van der Waals surface area contributed by atoms with E-state index in [9.17, 15) is 4.79 Å². The van der Waals surface area contributed by atoms with Crippen molar-refractivity contribution in [1.29, 1.82) is 0 Å². The van der Waals surface area contributed by atoms with Crippen molar-refractivity contribution in [3.05, 3.63) is 29.3 Å². The second kappa shape index (κ2) is 6.78. The fourth-order valence-electron chi connectivity index (χ4n) is 1.93. The number of esters is 1. The Morgan fingerprint density at radius 2 is 1.90 bits per heavy atom. The minimum Gasteiger partial charge on any atom is -0.478 e. The van der Waals surface area contributed by atoms with E-state index in [0.29, 0.717) is 13.0 Å². The monoisotopic (exact) mass is 278 g/mol. The Kier molecular flexibility index (Phi) is 5.61. The lowest BCUT2D eigenvalue weighted by molar-refractivity contribution is -0.151. The van der Waals surface area contributed by atoms with Crippen LogP contribution in [0, 0.1) is 6.92 Å². The van der Waals surface area contributed by atoms with Crippen LogP contribution < -0.4 is 4.74 Å². The van der Waals surface area contributed by atoms with E-state index in [1.165, 1.54) is 5.56 Å². The predicted molar refractivity (Wildman–Crippen MR) is 81.2 cm³/mol. The topological polar surface area (TPSA) is 35.5 Å². The van der Waals surface area contributed by atoms with Crippen molar-refractivity contribution in [2.24, 2.45) is 0 Å². The Morgan fingerprint density at radius 3 is 2.35 bits per heavy atom. The van der Waals surface area contributed by atoms with Crippen LogP contribution in [0.5, 0.6) is 5.75 Å². The predicted octanol–water partition coefficient (Wildman–Crippen LogP) is 4.01. The molecule has 3 nitrogen and oxygen atoms in total. The third-order valence-electron chi connectivity index (χ3n) is 3.23. The molecule has 0 aliphatic heterocycles. The van der Waals surface area contributed by atoms with E-state index < -0.39 is 6.10 Å². The Balaban J connectivity index is 2.90.